The van der Waals surface area contributed by atoms with Crippen LogP contribution in [-0.4, -0.2) is 98.7 Å². The first kappa shape index (κ1) is 42.2. The number of hydrogen-bond donors (Lipinski definition) is 7. The number of carbonyl (C=O) groups is 1. The Morgan fingerprint density at radius 2 is 1.16 bits per heavy atom. The smallest absolute Gasteiger partial charge is 0.220 e. The van der Waals surface area contributed by atoms with Gasteiger partial charge in [-0.1, -0.05) is 136 Å². The largest absolute Gasteiger partial charge is 0.394 e. The van der Waals surface area contributed by atoms with Crippen molar-refractivity contribution in [3.8, 4) is 0 Å². The zero-order valence-electron chi connectivity index (χ0n) is 28.5. The van der Waals surface area contributed by atoms with Gasteiger partial charge < -0.3 is 45.4 Å². The molecule has 0 aromatic rings. The van der Waals surface area contributed by atoms with E-state index >= 15 is 0 Å². The molecule has 0 bridgehead atoms. The third-order valence-corrected chi connectivity index (χ3v) is 9.05. The predicted octanol–water partition coefficient (Wildman–Crippen LogP) is 4.63. The van der Waals surface area contributed by atoms with Crippen LogP contribution in [-0.2, 0) is 14.3 Å². The van der Waals surface area contributed by atoms with Gasteiger partial charge in [-0.05, 0) is 12.8 Å². The van der Waals surface area contributed by atoms with Gasteiger partial charge in [-0.15, -0.1) is 0 Å². The maximum absolute atomic E-state index is 12.8. The summed E-state index contributed by atoms with van der Waals surface area (Å²) in [6.45, 7) is 3.54. The first-order valence-electron chi connectivity index (χ1n) is 18.3. The molecule has 45 heavy (non-hydrogen) atoms. The zero-order chi connectivity index (χ0) is 33.3. The van der Waals surface area contributed by atoms with Gasteiger partial charge in [0.1, 0.15) is 30.5 Å². The van der Waals surface area contributed by atoms with Crippen molar-refractivity contribution in [1.29, 1.82) is 0 Å². The highest BCUT2D eigenvalue weighted by Gasteiger charge is 2.44. The van der Waals surface area contributed by atoms with E-state index in [1.165, 1.54) is 77.0 Å². The van der Waals surface area contributed by atoms with E-state index in [4.69, 9.17) is 9.47 Å². The van der Waals surface area contributed by atoms with Gasteiger partial charge in [0, 0.05) is 6.42 Å². The van der Waals surface area contributed by atoms with Gasteiger partial charge in [-0.25, -0.2) is 0 Å². The van der Waals surface area contributed by atoms with E-state index in [0.29, 0.717) is 6.42 Å². The molecule has 1 aliphatic heterocycles. The number of amides is 1. The molecule has 8 atom stereocenters. The number of hydrogen-bond acceptors (Lipinski definition) is 9. The zero-order valence-corrected chi connectivity index (χ0v) is 28.5. The highest BCUT2D eigenvalue weighted by Crippen LogP contribution is 2.23. The minimum Gasteiger partial charge on any atom is -0.394 e. The van der Waals surface area contributed by atoms with Gasteiger partial charge in [-0.3, -0.25) is 4.79 Å². The number of aliphatic hydroxyl groups is 6. The average Bonchev–Trinajstić information content (AvgIpc) is 3.04. The summed E-state index contributed by atoms with van der Waals surface area (Å²) in [6, 6.07) is -0.980. The fourth-order valence-corrected chi connectivity index (χ4v) is 5.96. The Labute approximate surface area is 273 Å². The molecule has 0 saturated carbocycles. The molecule has 0 aromatic heterocycles. The summed E-state index contributed by atoms with van der Waals surface area (Å²) in [5.41, 5.74) is 0. The van der Waals surface area contributed by atoms with Gasteiger partial charge in [0.15, 0.2) is 6.29 Å². The molecule has 0 spiro atoms. The van der Waals surface area contributed by atoms with Gasteiger partial charge in [0.25, 0.3) is 0 Å². The second-order valence-corrected chi connectivity index (χ2v) is 13.2. The lowest BCUT2D eigenvalue weighted by molar-refractivity contribution is -0.303. The SMILES string of the molecule is CCCCCCCCCCCCC(=O)N[C@@H](CO[C@@H]1O[C@H](CO)[C@@H](O)C(O)C1O)[C@H](O)[C@H](O)CCCCCCCCCCCC. The maximum atomic E-state index is 12.8. The van der Waals surface area contributed by atoms with Gasteiger partial charge in [0.05, 0.1) is 25.4 Å². The van der Waals surface area contributed by atoms with Crippen LogP contribution in [0.1, 0.15) is 155 Å². The van der Waals surface area contributed by atoms with Crippen LogP contribution in [0.15, 0.2) is 0 Å². The third-order valence-electron chi connectivity index (χ3n) is 9.05. The second kappa shape index (κ2) is 27.1. The van der Waals surface area contributed by atoms with Gasteiger partial charge in [-0.2, -0.15) is 0 Å². The molecule has 7 N–H and O–H groups in total. The topological polar surface area (TPSA) is 169 Å². The molecule has 1 heterocycles. The van der Waals surface area contributed by atoms with Crippen molar-refractivity contribution >= 4 is 5.91 Å². The molecule has 1 aliphatic rings. The Morgan fingerprint density at radius 1 is 0.689 bits per heavy atom. The Hall–Kier alpha value is -0.850. The van der Waals surface area contributed by atoms with Crippen molar-refractivity contribution in [2.45, 2.75) is 204 Å². The first-order chi connectivity index (χ1) is 21.8. The summed E-state index contributed by atoms with van der Waals surface area (Å²) in [7, 11) is 0. The Kier molecular flexibility index (Phi) is 25.4. The highest BCUT2D eigenvalue weighted by atomic mass is 16.7. The molecular formula is C35H69NO9. The number of nitrogens with one attached hydrogen (secondary N) is 1. The van der Waals surface area contributed by atoms with Crippen molar-refractivity contribution in [3.63, 3.8) is 0 Å². The number of carbonyl (C=O) groups excluding carboxylic acids is 1. The monoisotopic (exact) mass is 647 g/mol. The lowest BCUT2D eigenvalue weighted by Crippen LogP contribution is -2.60. The first-order valence-corrected chi connectivity index (χ1v) is 18.3. The molecule has 2 unspecified atom stereocenters. The third kappa shape index (κ3) is 18.9. The summed E-state index contributed by atoms with van der Waals surface area (Å²) in [6.07, 6.45) is 14.1. The van der Waals surface area contributed by atoms with E-state index in [1.807, 2.05) is 0 Å². The Morgan fingerprint density at radius 3 is 1.64 bits per heavy atom. The van der Waals surface area contributed by atoms with Crippen molar-refractivity contribution in [3.05, 3.63) is 0 Å². The van der Waals surface area contributed by atoms with Crippen LogP contribution in [0.4, 0.5) is 0 Å². The van der Waals surface area contributed by atoms with E-state index in [9.17, 15) is 35.4 Å². The lowest BCUT2D eigenvalue weighted by atomic mass is 9.98. The summed E-state index contributed by atoms with van der Waals surface area (Å²) in [5, 5.41) is 64.6. The molecule has 1 fully saturated rings. The van der Waals surface area contributed by atoms with E-state index in [0.717, 1.165) is 51.4 Å². The van der Waals surface area contributed by atoms with Crippen molar-refractivity contribution in [2.24, 2.45) is 0 Å². The molecule has 0 radical (unpaired) electrons. The molecular weight excluding hydrogens is 578 g/mol. The summed E-state index contributed by atoms with van der Waals surface area (Å²) in [5.74, 6) is -0.262. The molecule has 1 saturated heterocycles. The predicted molar refractivity (Wildman–Crippen MR) is 177 cm³/mol. The van der Waals surface area contributed by atoms with E-state index in [-0.39, 0.29) is 18.9 Å². The van der Waals surface area contributed by atoms with E-state index < -0.39 is 55.6 Å². The van der Waals surface area contributed by atoms with Crippen LogP contribution >= 0.6 is 0 Å². The van der Waals surface area contributed by atoms with E-state index in [1.54, 1.807) is 0 Å². The molecule has 1 rings (SSSR count). The number of aliphatic hydroxyl groups excluding tert-OH is 6. The standard InChI is InChI=1S/C35H69NO9/c1-3-5-7-9-11-13-15-17-19-21-23-28(38)31(40)27(26-44-35-34(43)33(42)32(41)29(25-37)45-35)36-30(39)24-22-20-18-16-14-12-10-8-6-4-2/h27-29,31-35,37-38,40-43H,3-26H2,1-2H3,(H,36,39)/t27-,28+,29+,31-,32+,33?,34?,35+/m0/s1. The van der Waals surface area contributed by atoms with Gasteiger partial charge >= 0.3 is 0 Å². The van der Waals surface area contributed by atoms with Gasteiger partial charge in [0.2, 0.25) is 5.91 Å². The summed E-state index contributed by atoms with van der Waals surface area (Å²) in [4.78, 5) is 12.8. The molecule has 268 valence electrons. The van der Waals surface area contributed by atoms with Crippen LogP contribution in [0.5, 0.6) is 0 Å². The molecule has 10 nitrogen and oxygen atoms in total. The fraction of sp³-hybridized carbons (Fsp3) is 0.971. The minimum atomic E-state index is -1.60. The average molecular weight is 648 g/mol. The maximum Gasteiger partial charge on any atom is 0.220 e. The van der Waals surface area contributed by atoms with Crippen LogP contribution in [0.2, 0.25) is 0 Å². The van der Waals surface area contributed by atoms with Crippen molar-refractivity contribution in [1.82, 2.24) is 5.32 Å². The van der Waals surface area contributed by atoms with Crippen molar-refractivity contribution in [2.75, 3.05) is 13.2 Å². The van der Waals surface area contributed by atoms with E-state index in [2.05, 4.69) is 19.2 Å². The fourth-order valence-electron chi connectivity index (χ4n) is 5.96. The number of unbranched alkanes of at least 4 members (excludes halogenated alkanes) is 18. The minimum absolute atomic E-state index is 0.262. The second-order valence-electron chi connectivity index (χ2n) is 13.2. The Balaban J connectivity index is 2.54. The molecule has 0 aromatic carbocycles. The van der Waals surface area contributed by atoms with Crippen LogP contribution in [0.25, 0.3) is 0 Å². The summed E-state index contributed by atoms with van der Waals surface area (Å²) >= 11 is 0. The van der Waals surface area contributed by atoms with Crippen LogP contribution < -0.4 is 5.32 Å². The van der Waals surface area contributed by atoms with Crippen LogP contribution in [0, 0.1) is 0 Å². The van der Waals surface area contributed by atoms with Crippen molar-refractivity contribution < 1.29 is 44.9 Å². The molecule has 0 aliphatic carbocycles. The van der Waals surface area contributed by atoms with Crippen LogP contribution in [0.3, 0.4) is 0 Å². The highest BCUT2D eigenvalue weighted by molar-refractivity contribution is 5.76. The number of rotatable bonds is 29. The Bertz CT molecular complexity index is 698. The summed E-state index contributed by atoms with van der Waals surface area (Å²) < 4.78 is 11.1. The lowest BCUT2D eigenvalue weighted by Gasteiger charge is -2.40. The normalized spacial score (nSPS) is 24.0. The molecule has 1 amide bonds. The number of ether oxygens (including phenoxy) is 2. The molecule has 10 heteroatoms. The quantitative estimate of drug-likeness (QED) is 0.0572.